The highest BCUT2D eigenvalue weighted by molar-refractivity contribution is 7.92. The molecule has 0 bridgehead atoms. The number of nitrogens with one attached hydrogen (secondary N) is 2. The Bertz CT molecular complexity index is 1290. The summed E-state index contributed by atoms with van der Waals surface area (Å²) in [4.78, 5) is 15.1. The molecule has 4 rings (SSSR count). The van der Waals surface area contributed by atoms with Crippen LogP contribution in [-0.4, -0.2) is 32.3 Å². The summed E-state index contributed by atoms with van der Waals surface area (Å²) < 4.78 is 28.4. The number of benzene rings is 3. The minimum atomic E-state index is -3.97. The molecule has 3 aromatic carbocycles. The second-order valence-electron chi connectivity index (χ2n) is 8.61. The molecule has 6 nitrogen and oxygen atoms in total. The lowest BCUT2D eigenvalue weighted by Gasteiger charge is -2.15. The highest BCUT2D eigenvalue weighted by atomic mass is 35.5. The quantitative estimate of drug-likeness (QED) is 0.460. The maximum atomic E-state index is 12.9. The topological polar surface area (TPSA) is 78.5 Å². The second-order valence-corrected chi connectivity index (χ2v) is 10.7. The Morgan fingerprint density at radius 1 is 0.971 bits per heavy atom. The first-order valence-electron chi connectivity index (χ1n) is 11.3. The largest absolute Gasteiger partial charge is 0.348 e. The number of carbonyl (C=O) groups is 1. The summed E-state index contributed by atoms with van der Waals surface area (Å²) in [5.41, 5.74) is 3.79. The number of likely N-dealkylation sites (tertiary alicyclic amines) is 1. The third kappa shape index (κ3) is 6.17. The first-order valence-corrected chi connectivity index (χ1v) is 13.1. The summed E-state index contributed by atoms with van der Waals surface area (Å²) in [6.45, 7) is 5.38. The summed E-state index contributed by atoms with van der Waals surface area (Å²) in [5, 5.41) is 2.93. The van der Waals surface area contributed by atoms with Crippen LogP contribution in [0.4, 0.5) is 5.69 Å². The second kappa shape index (κ2) is 10.6. The summed E-state index contributed by atoms with van der Waals surface area (Å²) >= 11 is 6.19. The summed E-state index contributed by atoms with van der Waals surface area (Å²) in [5.74, 6) is -0.367. The van der Waals surface area contributed by atoms with E-state index in [9.17, 15) is 13.2 Å². The van der Waals surface area contributed by atoms with Crippen LogP contribution in [0.2, 0.25) is 5.02 Å². The number of anilines is 1. The van der Waals surface area contributed by atoms with Crippen molar-refractivity contribution in [2.75, 3.05) is 17.8 Å². The smallest absolute Gasteiger partial charge is 0.263 e. The molecular weight excluding hydrogens is 470 g/mol. The summed E-state index contributed by atoms with van der Waals surface area (Å²) in [6.07, 6.45) is 2.49. The lowest BCUT2D eigenvalue weighted by atomic mass is 10.1. The van der Waals surface area contributed by atoms with E-state index in [1.54, 1.807) is 18.2 Å². The molecule has 0 aromatic heterocycles. The number of aryl methyl sites for hydroxylation is 1. The van der Waals surface area contributed by atoms with Crippen LogP contribution in [0.25, 0.3) is 0 Å². The van der Waals surface area contributed by atoms with Gasteiger partial charge in [0.2, 0.25) is 0 Å². The molecule has 0 spiro atoms. The van der Waals surface area contributed by atoms with Gasteiger partial charge in [0.05, 0.1) is 5.02 Å². The van der Waals surface area contributed by atoms with Crippen molar-refractivity contribution in [2.24, 2.45) is 0 Å². The van der Waals surface area contributed by atoms with Crippen LogP contribution >= 0.6 is 11.6 Å². The number of rotatable bonds is 8. The Labute approximate surface area is 206 Å². The van der Waals surface area contributed by atoms with Crippen LogP contribution in [0.1, 0.15) is 39.9 Å². The molecule has 1 amide bonds. The van der Waals surface area contributed by atoms with Crippen LogP contribution in [0.15, 0.2) is 71.6 Å². The third-order valence-corrected chi connectivity index (χ3v) is 7.67. The molecule has 2 N–H and O–H groups in total. The van der Waals surface area contributed by atoms with E-state index in [1.165, 1.54) is 36.6 Å². The molecular formula is C26H28ClN3O3S. The van der Waals surface area contributed by atoms with Gasteiger partial charge in [0.15, 0.2) is 0 Å². The first kappa shape index (κ1) is 24.3. The van der Waals surface area contributed by atoms with Gasteiger partial charge >= 0.3 is 0 Å². The molecule has 3 aromatic rings. The van der Waals surface area contributed by atoms with Gasteiger partial charge in [-0.2, -0.15) is 0 Å². The Morgan fingerprint density at radius 3 is 2.47 bits per heavy atom. The van der Waals surface area contributed by atoms with E-state index in [-0.39, 0.29) is 21.4 Å². The molecule has 0 aliphatic carbocycles. The van der Waals surface area contributed by atoms with E-state index in [0.29, 0.717) is 12.2 Å². The van der Waals surface area contributed by atoms with Gasteiger partial charge in [-0.3, -0.25) is 14.4 Å². The van der Waals surface area contributed by atoms with Crippen molar-refractivity contribution in [1.29, 1.82) is 0 Å². The standard InChI is InChI=1S/C26H28ClN3O3S/c1-19-6-4-9-23(14-19)29-34(32,33)25-16-22(10-11-24(25)27)26(31)28-17-20-7-5-8-21(15-20)18-30-12-2-3-13-30/h4-11,14-16,29H,2-3,12-13,17-18H2,1H3,(H,28,31). The van der Waals surface area contributed by atoms with E-state index in [1.807, 2.05) is 25.1 Å². The average molecular weight is 498 g/mol. The van der Waals surface area contributed by atoms with Gasteiger partial charge in [0, 0.05) is 24.3 Å². The molecule has 1 saturated heterocycles. The van der Waals surface area contributed by atoms with Crippen molar-refractivity contribution < 1.29 is 13.2 Å². The monoisotopic (exact) mass is 497 g/mol. The molecule has 0 saturated carbocycles. The highest BCUT2D eigenvalue weighted by Gasteiger charge is 2.21. The van der Waals surface area contributed by atoms with Gasteiger partial charge in [-0.15, -0.1) is 0 Å². The fourth-order valence-electron chi connectivity index (χ4n) is 4.09. The minimum Gasteiger partial charge on any atom is -0.348 e. The van der Waals surface area contributed by atoms with Crippen molar-refractivity contribution in [3.63, 3.8) is 0 Å². The predicted octanol–water partition coefficient (Wildman–Crippen LogP) is 4.98. The van der Waals surface area contributed by atoms with E-state index < -0.39 is 10.0 Å². The van der Waals surface area contributed by atoms with Gasteiger partial charge in [0.1, 0.15) is 4.90 Å². The summed E-state index contributed by atoms with van der Waals surface area (Å²) in [6, 6.07) is 19.4. The number of sulfonamides is 1. The lowest BCUT2D eigenvalue weighted by Crippen LogP contribution is -2.24. The summed E-state index contributed by atoms with van der Waals surface area (Å²) in [7, 11) is -3.97. The number of hydrogen-bond acceptors (Lipinski definition) is 4. The van der Waals surface area contributed by atoms with Crippen molar-refractivity contribution in [1.82, 2.24) is 10.2 Å². The van der Waals surface area contributed by atoms with Gasteiger partial charge < -0.3 is 5.32 Å². The van der Waals surface area contributed by atoms with Gasteiger partial charge in [-0.1, -0.05) is 48.0 Å². The lowest BCUT2D eigenvalue weighted by molar-refractivity contribution is 0.0950. The molecule has 1 aliphatic rings. The maximum Gasteiger partial charge on any atom is 0.263 e. The molecule has 0 radical (unpaired) electrons. The van der Waals surface area contributed by atoms with Gasteiger partial charge in [-0.05, 0) is 79.9 Å². The maximum absolute atomic E-state index is 12.9. The van der Waals surface area contributed by atoms with Crippen molar-refractivity contribution in [3.05, 3.63) is 94.0 Å². The first-order chi connectivity index (χ1) is 16.3. The zero-order valence-corrected chi connectivity index (χ0v) is 20.6. The molecule has 1 heterocycles. The fourth-order valence-corrected chi connectivity index (χ4v) is 5.67. The Morgan fingerprint density at radius 2 is 1.71 bits per heavy atom. The van der Waals surface area contributed by atoms with Crippen molar-refractivity contribution in [2.45, 2.75) is 37.8 Å². The molecule has 0 unspecified atom stereocenters. The molecule has 34 heavy (non-hydrogen) atoms. The van der Waals surface area contributed by atoms with E-state index in [4.69, 9.17) is 11.6 Å². The third-order valence-electron chi connectivity index (χ3n) is 5.80. The zero-order chi connectivity index (χ0) is 24.1. The molecule has 0 atom stereocenters. The predicted molar refractivity (Wildman–Crippen MR) is 136 cm³/mol. The van der Waals surface area contributed by atoms with E-state index in [0.717, 1.165) is 30.8 Å². The Balaban J connectivity index is 1.44. The van der Waals surface area contributed by atoms with Crippen molar-refractivity contribution in [3.8, 4) is 0 Å². The number of amides is 1. The SMILES string of the molecule is Cc1cccc(NS(=O)(=O)c2cc(C(=O)NCc3cccc(CN4CCCC4)c3)ccc2Cl)c1. The normalized spacial score (nSPS) is 14.2. The van der Waals surface area contributed by atoms with Gasteiger partial charge in [-0.25, -0.2) is 8.42 Å². The molecule has 1 fully saturated rings. The van der Waals surface area contributed by atoms with Crippen molar-refractivity contribution >= 4 is 33.2 Å². The van der Waals surface area contributed by atoms with Crippen LogP contribution in [-0.2, 0) is 23.1 Å². The van der Waals surface area contributed by atoms with Crippen LogP contribution in [0.3, 0.4) is 0 Å². The van der Waals surface area contributed by atoms with Crippen LogP contribution < -0.4 is 10.0 Å². The molecule has 8 heteroatoms. The van der Waals surface area contributed by atoms with Crippen LogP contribution in [0, 0.1) is 6.92 Å². The number of nitrogens with zero attached hydrogens (tertiary/aromatic N) is 1. The highest BCUT2D eigenvalue weighted by Crippen LogP contribution is 2.25. The Hall–Kier alpha value is -2.87. The zero-order valence-electron chi connectivity index (χ0n) is 19.1. The number of hydrogen-bond donors (Lipinski definition) is 2. The Kier molecular flexibility index (Phi) is 7.56. The fraction of sp³-hybridized carbons (Fsp3) is 0.269. The molecule has 1 aliphatic heterocycles. The average Bonchev–Trinajstić information content (AvgIpc) is 3.30. The van der Waals surface area contributed by atoms with Crippen LogP contribution in [0.5, 0.6) is 0 Å². The van der Waals surface area contributed by atoms with Gasteiger partial charge in [0.25, 0.3) is 15.9 Å². The number of carbonyl (C=O) groups excluding carboxylic acids is 1. The minimum absolute atomic E-state index is 0.0475. The van der Waals surface area contributed by atoms with E-state index >= 15 is 0 Å². The number of halogens is 1. The van der Waals surface area contributed by atoms with E-state index in [2.05, 4.69) is 27.1 Å². The molecule has 178 valence electrons.